The van der Waals surface area contributed by atoms with E-state index < -0.39 is 0 Å². The Labute approximate surface area is 78.6 Å². The molecule has 0 aromatic carbocycles. The Kier molecular flexibility index (Phi) is 2.42. The van der Waals surface area contributed by atoms with Gasteiger partial charge in [0, 0.05) is 5.75 Å². The standard InChI is InChI=1S/C7H8N4OS/c12-1-2-13-7-5-3-10-11-6(5)8-4-9-7/h3-4,12H,1-2H2,(H,8,9,10,11). The molecule has 0 saturated carbocycles. The van der Waals surface area contributed by atoms with Crippen LogP contribution in [0.2, 0.25) is 0 Å². The highest BCUT2D eigenvalue weighted by Gasteiger charge is 2.04. The summed E-state index contributed by atoms with van der Waals surface area (Å²) < 4.78 is 0. The largest absolute Gasteiger partial charge is 0.396 e. The maximum absolute atomic E-state index is 8.66. The maximum atomic E-state index is 8.66. The van der Waals surface area contributed by atoms with E-state index in [9.17, 15) is 0 Å². The smallest absolute Gasteiger partial charge is 0.159 e. The van der Waals surface area contributed by atoms with Gasteiger partial charge in [-0.05, 0) is 0 Å². The van der Waals surface area contributed by atoms with E-state index >= 15 is 0 Å². The van der Waals surface area contributed by atoms with Gasteiger partial charge >= 0.3 is 0 Å². The highest BCUT2D eigenvalue weighted by Crippen LogP contribution is 2.21. The SMILES string of the molecule is OCCSc1ncnc2[nH]ncc12. The molecule has 2 N–H and O–H groups in total. The van der Waals surface area contributed by atoms with Crippen LogP contribution < -0.4 is 0 Å². The number of hydrogen-bond acceptors (Lipinski definition) is 5. The summed E-state index contributed by atoms with van der Waals surface area (Å²) in [5.41, 5.74) is 0.732. The Morgan fingerprint density at radius 2 is 2.38 bits per heavy atom. The number of aliphatic hydroxyl groups excluding tert-OH is 1. The minimum Gasteiger partial charge on any atom is -0.396 e. The zero-order valence-electron chi connectivity index (χ0n) is 6.77. The molecule has 2 rings (SSSR count). The second-order valence-electron chi connectivity index (χ2n) is 2.38. The van der Waals surface area contributed by atoms with Crippen molar-refractivity contribution in [1.29, 1.82) is 0 Å². The van der Waals surface area contributed by atoms with Gasteiger partial charge in [-0.15, -0.1) is 11.8 Å². The number of nitrogens with zero attached hydrogens (tertiary/aromatic N) is 3. The van der Waals surface area contributed by atoms with Crippen molar-refractivity contribution < 1.29 is 5.11 Å². The molecule has 0 unspecified atom stereocenters. The molecular formula is C7H8N4OS. The number of thioether (sulfide) groups is 1. The first kappa shape index (κ1) is 8.46. The number of rotatable bonds is 3. The lowest BCUT2D eigenvalue weighted by Crippen LogP contribution is -1.89. The number of aromatic nitrogens is 4. The van der Waals surface area contributed by atoms with Crippen LogP contribution in [-0.2, 0) is 0 Å². The van der Waals surface area contributed by atoms with Crippen molar-refractivity contribution in [2.45, 2.75) is 5.03 Å². The third-order valence-electron chi connectivity index (χ3n) is 1.54. The quantitative estimate of drug-likeness (QED) is 0.550. The first-order valence-electron chi connectivity index (χ1n) is 3.79. The third kappa shape index (κ3) is 1.63. The van der Waals surface area contributed by atoms with E-state index in [2.05, 4.69) is 20.2 Å². The van der Waals surface area contributed by atoms with Crippen LogP contribution in [0.5, 0.6) is 0 Å². The molecule has 0 amide bonds. The summed E-state index contributed by atoms with van der Waals surface area (Å²) in [6.07, 6.45) is 3.18. The lowest BCUT2D eigenvalue weighted by Gasteiger charge is -1.97. The number of hydrogen-bond donors (Lipinski definition) is 2. The lowest BCUT2D eigenvalue weighted by molar-refractivity contribution is 0.322. The van der Waals surface area contributed by atoms with E-state index in [1.165, 1.54) is 18.1 Å². The van der Waals surface area contributed by atoms with E-state index in [1.807, 2.05) is 0 Å². The fraction of sp³-hybridized carbons (Fsp3) is 0.286. The van der Waals surface area contributed by atoms with Crippen LogP contribution in [0.1, 0.15) is 0 Å². The van der Waals surface area contributed by atoms with Gasteiger partial charge in [-0.1, -0.05) is 0 Å². The number of nitrogens with one attached hydrogen (secondary N) is 1. The Morgan fingerprint density at radius 1 is 1.46 bits per heavy atom. The van der Waals surface area contributed by atoms with Crippen LogP contribution in [0.3, 0.4) is 0 Å². The molecule has 2 aromatic rings. The molecule has 0 bridgehead atoms. The van der Waals surface area contributed by atoms with Gasteiger partial charge in [0.15, 0.2) is 5.65 Å². The van der Waals surface area contributed by atoms with Crippen molar-refractivity contribution in [3.8, 4) is 0 Å². The molecule has 6 heteroatoms. The van der Waals surface area contributed by atoms with E-state index in [1.54, 1.807) is 6.20 Å². The summed E-state index contributed by atoms with van der Waals surface area (Å²) in [5.74, 6) is 0.636. The Balaban J connectivity index is 2.37. The molecule has 0 aliphatic rings. The van der Waals surface area contributed by atoms with E-state index in [0.29, 0.717) is 5.75 Å². The number of fused-ring (bicyclic) bond motifs is 1. The average Bonchev–Trinajstić information content (AvgIpc) is 2.62. The highest BCUT2D eigenvalue weighted by atomic mass is 32.2. The monoisotopic (exact) mass is 196 g/mol. The fourth-order valence-electron chi connectivity index (χ4n) is 1.00. The number of aliphatic hydroxyl groups is 1. The minimum absolute atomic E-state index is 0.147. The molecular weight excluding hydrogens is 188 g/mol. The van der Waals surface area contributed by atoms with Gasteiger partial charge in [-0.3, -0.25) is 5.10 Å². The molecule has 0 saturated heterocycles. The zero-order valence-corrected chi connectivity index (χ0v) is 7.58. The molecule has 0 radical (unpaired) electrons. The van der Waals surface area contributed by atoms with Crippen molar-refractivity contribution in [3.05, 3.63) is 12.5 Å². The summed E-state index contributed by atoms with van der Waals surface area (Å²) in [5, 5.41) is 17.0. The molecule has 0 aliphatic heterocycles. The summed E-state index contributed by atoms with van der Waals surface area (Å²) in [7, 11) is 0. The van der Waals surface area contributed by atoms with Crippen LogP contribution in [0.4, 0.5) is 0 Å². The second kappa shape index (κ2) is 3.71. The summed E-state index contributed by atoms with van der Waals surface area (Å²) in [6, 6.07) is 0. The van der Waals surface area contributed by atoms with Crippen molar-refractivity contribution in [2.24, 2.45) is 0 Å². The molecule has 0 atom stereocenters. The van der Waals surface area contributed by atoms with E-state index in [0.717, 1.165) is 16.1 Å². The van der Waals surface area contributed by atoms with Gasteiger partial charge in [-0.25, -0.2) is 9.97 Å². The van der Waals surface area contributed by atoms with Gasteiger partial charge in [0.25, 0.3) is 0 Å². The van der Waals surface area contributed by atoms with Crippen molar-refractivity contribution in [3.63, 3.8) is 0 Å². The Bertz CT molecular complexity index is 402. The third-order valence-corrected chi connectivity index (χ3v) is 2.53. The molecule has 68 valence electrons. The van der Waals surface area contributed by atoms with Crippen LogP contribution in [0, 0.1) is 0 Å². The van der Waals surface area contributed by atoms with Gasteiger partial charge in [0.1, 0.15) is 11.4 Å². The predicted molar refractivity (Wildman–Crippen MR) is 49.5 cm³/mol. The van der Waals surface area contributed by atoms with Crippen molar-refractivity contribution in [2.75, 3.05) is 12.4 Å². The van der Waals surface area contributed by atoms with E-state index in [-0.39, 0.29) is 6.61 Å². The van der Waals surface area contributed by atoms with Gasteiger partial charge < -0.3 is 5.11 Å². The number of H-pyrrole nitrogens is 1. The van der Waals surface area contributed by atoms with Gasteiger partial charge in [-0.2, -0.15) is 5.10 Å². The van der Waals surface area contributed by atoms with Crippen LogP contribution in [0.15, 0.2) is 17.6 Å². The van der Waals surface area contributed by atoms with E-state index in [4.69, 9.17) is 5.11 Å². The number of aromatic amines is 1. The first-order valence-corrected chi connectivity index (χ1v) is 4.78. The van der Waals surface area contributed by atoms with Gasteiger partial charge in [0.05, 0.1) is 18.2 Å². The average molecular weight is 196 g/mol. The molecule has 2 aromatic heterocycles. The summed E-state index contributed by atoms with van der Waals surface area (Å²) >= 11 is 1.49. The lowest BCUT2D eigenvalue weighted by atomic mass is 10.4. The normalized spacial score (nSPS) is 10.8. The highest BCUT2D eigenvalue weighted by molar-refractivity contribution is 7.99. The minimum atomic E-state index is 0.147. The van der Waals surface area contributed by atoms with Crippen molar-refractivity contribution >= 4 is 22.8 Å². The summed E-state index contributed by atoms with van der Waals surface area (Å²) in [4.78, 5) is 8.10. The molecule has 0 aliphatic carbocycles. The summed E-state index contributed by atoms with van der Waals surface area (Å²) in [6.45, 7) is 0.147. The van der Waals surface area contributed by atoms with Crippen molar-refractivity contribution in [1.82, 2.24) is 20.2 Å². The van der Waals surface area contributed by atoms with Crippen LogP contribution >= 0.6 is 11.8 Å². The molecule has 0 fully saturated rings. The maximum Gasteiger partial charge on any atom is 0.159 e. The molecule has 5 nitrogen and oxygen atoms in total. The molecule has 0 spiro atoms. The topological polar surface area (TPSA) is 74.7 Å². The Morgan fingerprint density at radius 3 is 3.23 bits per heavy atom. The van der Waals surface area contributed by atoms with Gasteiger partial charge in [0.2, 0.25) is 0 Å². The molecule has 2 heterocycles. The first-order chi connectivity index (χ1) is 6.42. The fourth-order valence-corrected chi connectivity index (χ4v) is 1.71. The zero-order chi connectivity index (χ0) is 9.10. The molecule has 13 heavy (non-hydrogen) atoms. The predicted octanol–water partition coefficient (Wildman–Crippen LogP) is 0.437. The van der Waals surface area contributed by atoms with Crippen LogP contribution in [0.25, 0.3) is 11.0 Å². The second-order valence-corrected chi connectivity index (χ2v) is 3.47. The van der Waals surface area contributed by atoms with Crippen LogP contribution in [-0.4, -0.2) is 37.6 Å². The Hall–Kier alpha value is -1.14.